The summed E-state index contributed by atoms with van der Waals surface area (Å²) in [6, 6.07) is 9.58. The normalized spacial score (nSPS) is 16.3. The average molecular weight is 235 g/mol. The first-order valence-electron chi connectivity index (χ1n) is 5.14. The molecule has 17 heavy (non-hydrogen) atoms. The Bertz CT molecular complexity index is 421. The van der Waals surface area contributed by atoms with Gasteiger partial charge in [-0.2, -0.15) is 5.17 Å². The van der Waals surface area contributed by atoms with Gasteiger partial charge in [-0.1, -0.05) is 18.2 Å². The van der Waals surface area contributed by atoms with Crippen LogP contribution in [0.5, 0.6) is 0 Å². The number of para-hydroxylation sites is 1. The molecule has 1 aromatic carbocycles. The molecule has 1 atom stereocenters. The largest absolute Gasteiger partial charge is 0.479 e. The van der Waals surface area contributed by atoms with Gasteiger partial charge in [0.1, 0.15) is 0 Å². The molecule has 1 aromatic rings. The summed E-state index contributed by atoms with van der Waals surface area (Å²) < 4.78 is 0. The van der Waals surface area contributed by atoms with Gasteiger partial charge >= 0.3 is 5.97 Å². The average Bonchev–Trinajstić information content (AvgIpc) is 2.78. The van der Waals surface area contributed by atoms with Crippen LogP contribution in [0.25, 0.3) is 0 Å². The summed E-state index contributed by atoms with van der Waals surface area (Å²) in [7, 11) is 0. The minimum absolute atomic E-state index is 0.914. The quantitative estimate of drug-likeness (QED) is 0.814. The summed E-state index contributed by atoms with van der Waals surface area (Å²) in [5, 5.41) is 11.7. The Balaban J connectivity index is 1.93. The molecule has 2 N–H and O–H groups in total. The molecular weight excluding hydrogens is 222 g/mol. The van der Waals surface area contributed by atoms with Gasteiger partial charge in [-0.05, 0) is 19.1 Å². The number of hydrogen-bond acceptors (Lipinski definition) is 5. The SMILES string of the molecule is CC(ON1C=CN(c2ccccc2)N1)C(=O)O. The summed E-state index contributed by atoms with van der Waals surface area (Å²) in [5.74, 6) is -1.02. The Kier molecular flexibility index (Phi) is 3.27. The number of anilines is 1. The van der Waals surface area contributed by atoms with Gasteiger partial charge in [0.05, 0.1) is 11.9 Å². The lowest BCUT2D eigenvalue weighted by Gasteiger charge is -2.22. The second-order valence-electron chi connectivity index (χ2n) is 3.52. The molecule has 6 nitrogen and oxygen atoms in total. The number of nitrogens with one attached hydrogen (secondary N) is 1. The van der Waals surface area contributed by atoms with Crippen molar-refractivity contribution in [2.45, 2.75) is 13.0 Å². The van der Waals surface area contributed by atoms with E-state index in [0.29, 0.717) is 0 Å². The molecule has 1 aliphatic rings. The Labute approximate surface area is 98.6 Å². The molecule has 0 saturated heterocycles. The fraction of sp³-hybridized carbons (Fsp3) is 0.182. The van der Waals surface area contributed by atoms with Crippen LogP contribution in [-0.2, 0) is 9.63 Å². The maximum Gasteiger partial charge on any atom is 0.335 e. The van der Waals surface area contributed by atoms with E-state index in [1.165, 1.54) is 12.1 Å². The van der Waals surface area contributed by atoms with Gasteiger partial charge in [0, 0.05) is 6.20 Å². The number of carboxylic acid groups (broad SMARTS) is 1. The number of benzene rings is 1. The number of hydrazine groups is 2. The minimum atomic E-state index is -1.02. The van der Waals surface area contributed by atoms with Crippen LogP contribution in [0.15, 0.2) is 42.7 Å². The summed E-state index contributed by atoms with van der Waals surface area (Å²) in [6.45, 7) is 1.46. The second-order valence-corrected chi connectivity index (χ2v) is 3.52. The number of nitrogens with zero attached hydrogens (tertiary/aromatic N) is 2. The highest BCUT2D eigenvalue weighted by Crippen LogP contribution is 2.15. The predicted octanol–water partition coefficient (Wildman–Crippen LogP) is 1.10. The number of carboxylic acids is 1. The minimum Gasteiger partial charge on any atom is -0.479 e. The van der Waals surface area contributed by atoms with E-state index in [2.05, 4.69) is 5.53 Å². The van der Waals surface area contributed by atoms with E-state index < -0.39 is 12.1 Å². The molecule has 0 amide bonds. The van der Waals surface area contributed by atoms with Crippen LogP contribution in [-0.4, -0.2) is 22.4 Å². The molecule has 0 saturated carbocycles. The van der Waals surface area contributed by atoms with Crippen molar-refractivity contribution in [3.05, 3.63) is 42.7 Å². The van der Waals surface area contributed by atoms with Crippen molar-refractivity contribution < 1.29 is 14.7 Å². The molecule has 0 bridgehead atoms. The monoisotopic (exact) mass is 235 g/mol. The van der Waals surface area contributed by atoms with Gasteiger partial charge in [0.15, 0.2) is 6.10 Å². The maximum absolute atomic E-state index is 10.6. The van der Waals surface area contributed by atoms with Crippen LogP contribution in [0.3, 0.4) is 0 Å². The molecule has 0 aromatic heterocycles. The summed E-state index contributed by atoms with van der Waals surface area (Å²) >= 11 is 0. The summed E-state index contributed by atoms with van der Waals surface area (Å²) in [6.07, 6.45) is 2.43. The van der Waals surface area contributed by atoms with Crippen molar-refractivity contribution in [3.63, 3.8) is 0 Å². The van der Waals surface area contributed by atoms with Crippen molar-refractivity contribution in [1.82, 2.24) is 10.7 Å². The van der Waals surface area contributed by atoms with E-state index in [-0.39, 0.29) is 0 Å². The molecule has 1 aliphatic heterocycles. The predicted molar refractivity (Wildman–Crippen MR) is 61.2 cm³/mol. The molecule has 2 rings (SSSR count). The summed E-state index contributed by atoms with van der Waals surface area (Å²) in [5.41, 5.74) is 3.79. The molecule has 0 spiro atoms. The fourth-order valence-corrected chi connectivity index (χ4v) is 1.31. The molecule has 1 heterocycles. The molecule has 6 heteroatoms. The Hall–Kier alpha value is -2.05. The van der Waals surface area contributed by atoms with Crippen LogP contribution >= 0.6 is 0 Å². The van der Waals surface area contributed by atoms with E-state index in [1.54, 1.807) is 17.4 Å². The smallest absolute Gasteiger partial charge is 0.335 e. The highest BCUT2D eigenvalue weighted by Gasteiger charge is 2.19. The Morgan fingerprint density at radius 2 is 2.06 bits per heavy atom. The first-order chi connectivity index (χ1) is 8.16. The third kappa shape index (κ3) is 2.74. The zero-order chi connectivity index (χ0) is 12.3. The standard InChI is InChI=1S/C11H13N3O3/c1-9(11(15)16)17-14-8-7-13(12-14)10-5-3-2-4-6-10/h2-9,12H,1H3,(H,15,16). The van der Waals surface area contributed by atoms with Crippen LogP contribution in [0.4, 0.5) is 5.69 Å². The van der Waals surface area contributed by atoms with Gasteiger partial charge in [-0.25, -0.2) is 9.63 Å². The molecular formula is C11H13N3O3. The van der Waals surface area contributed by atoms with Crippen LogP contribution < -0.4 is 10.5 Å². The zero-order valence-electron chi connectivity index (χ0n) is 9.28. The van der Waals surface area contributed by atoms with Crippen molar-refractivity contribution in [3.8, 4) is 0 Å². The van der Waals surface area contributed by atoms with Gasteiger partial charge in [0.25, 0.3) is 0 Å². The number of hydrogen-bond donors (Lipinski definition) is 2. The number of hydroxylamine groups is 1. The number of rotatable bonds is 4. The molecule has 0 aliphatic carbocycles. The van der Waals surface area contributed by atoms with Crippen LogP contribution in [0.1, 0.15) is 6.92 Å². The number of aliphatic carboxylic acids is 1. The highest BCUT2D eigenvalue weighted by atomic mass is 16.7. The maximum atomic E-state index is 10.6. The van der Waals surface area contributed by atoms with Crippen LogP contribution in [0, 0.1) is 0 Å². The lowest BCUT2D eigenvalue weighted by Crippen LogP contribution is -2.42. The van der Waals surface area contributed by atoms with Crippen molar-refractivity contribution in [2.24, 2.45) is 0 Å². The van der Waals surface area contributed by atoms with E-state index >= 15 is 0 Å². The third-order valence-corrected chi connectivity index (χ3v) is 2.21. The zero-order valence-corrected chi connectivity index (χ0v) is 9.28. The van der Waals surface area contributed by atoms with E-state index in [0.717, 1.165) is 5.69 Å². The van der Waals surface area contributed by atoms with Gasteiger partial charge in [-0.15, -0.1) is 5.53 Å². The van der Waals surface area contributed by atoms with Crippen molar-refractivity contribution in [1.29, 1.82) is 0 Å². The third-order valence-electron chi connectivity index (χ3n) is 2.21. The van der Waals surface area contributed by atoms with Gasteiger partial charge < -0.3 is 5.11 Å². The highest BCUT2D eigenvalue weighted by molar-refractivity contribution is 5.71. The molecule has 0 radical (unpaired) electrons. The Morgan fingerprint density at radius 1 is 1.35 bits per heavy atom. The topological polar surface area (TPSA) is 65.0 Å². The van der Waals surface area contributed by atoms with E-state index in [4.69, 9.17) is 9.94 Å². The van der Waals surface area contributed by atoms with E-state index in [1.807, 2.05) is 30.3 Å². The molecule has 90 valence electrons. The summed E-state index contributed by atoms with van der Waals surface area (Å²) in [4.78, 5) is 15.7. The fourth-order valence-electron chi connectivity index (χ4n) is 1.31. The molecule has 0 fully saturated rings. The Morgan fingerprint density at radius 3 is 2.71 bits per heavy atom. The number of carbonyl (C=O) groups is 1. The first-order valence-corrected chi connectivity index (χ1v) is 5.14. The lowest BCUT2D eigenvalue weighted by atomic mass is 10.3. The second kappa shape index (κ2) is 4.86. The van der Waals surface area contributed by atoms with Gasteiger partial charge in [-0.3, -0.25) is 5.01 Å². The van der Waals surface area contributed by atoms with Crippen LogP contribution in [0.2, 0.25) is 0 Å². The molecule has 1 unspecified atom stereocenters. The van der Waals surface area contributed by atoms with Crippen molar-refractivity contribution in [2.75, 3.05) is 5.01 Å². The van der Waals surface area contributed by atoms with E-state index in [9.17, 15) is 4.79 Å². The lowest BCUT2D eigenvalue weighted by molar-refractivity contribution is -0.201. The first kappa shape index (κ1) is 11.4. The van der Waals surface area contributed by atoms with Crippen molar-refractivity contribution >= 4 is 11.7 Å². The van der Waals surface area contributed by atoms with Gasteiger partial charge in [0.2, 0.25) is 0 Å².